The van der Waals surface area contributed by atoms with Crippen LogP contribution in [0.4, 0.5) is 0 Å². The van der Waals surface area contributed by atoms with Gasteiger partial charge in [0.05, 0.1) is 11.2 Å². The molecule has 0 atom stereocenters. The summed E-state index contributed by atoms with van der Waals surface area (Å²) in [7, 11) is 0. The van der Waals surface area contributed by atoms with Crippen molar-refractivity contribution < 1.29 is 0 Å². The molecular weight excluding hydrogens is 298 g/mol. The maximum Gasteiger partial charge on any atom is 0.174 e. The number of hydrogen-bond acceptors (Lipinski definition) is 5. The van der Waals surface area contributed by atoms with E-state index in [2.05, 4.69) is 52.7 Å². The van der Waals surface area contributed by atoms with Gasteiger partial charge in [-0.25, -0.2) is 0 Å². The van der Waals surface area contributed by atoms with Gasteiger partial charge in [-0.15, -0.1) is 10.2 Å². The summed E-state index contributed by atoms with van der Waals surface area (Å²) in [6, 6.07) is 16.8. The molecule has 3 nitrogen and oxygen atoms in total. The molecule has 0 aliphatic rings. The highest BCUT2D eigenvalue weighted by atomic mass is 32.2. The molecule has 0 aliphatic carbocycles. The molecule has 2 aromatic carbocycles. The van der Waals surface area contributed by atoms with Gasteiger partial charge < -0.3 is 0 Å². The van der Waals surface area contributed by atoms with Gasteiger partial charge in [-0.1, -0.05) is 65.6 Å². The highest BCUT2D eigenvalue weighted by molar-refractivity contribution is 8.00. The lowest BCUT2D eigenvalue weighted by Crippen LogP contribution is -1.92. The Hall–Kier alpha value is -1.98. The van der Waals surface area contributed by atoms with Crippen LogP contribution in [0.15, 0.2) is 58.4 Å². The van der Waals surface area contributed by atoms with Crippen LogP contribution in [0.25, 0.3) is 21.7 Å². The number of pyridine rings is 1. The summed E-state index contributed by atoms with van der Waals surface area (Å²) in [5.41, 5.74) is 3.91. The first kappa shape index (κ1) is 12.7. The van der Waals surface area contributed by atoms with E-state index in [4.69, 9.17) is 4.98 Å². The fourth-order valence-electron chi connectivity index (χ4n) is 2.44. The molecular formula is C16H11N3S2. The fourth-order valence-corrected chi connectivity index (χ4v) is 3.88. The predicted molar refractivity (Wildman–Crippen MR) is 88.7 cm³/mol. The highest BCUT2D eigenvalue weighted by Crippen LogP contribution is 2.30. The van der Waals surface area contributed by atoms with Gasteiger partial charge in [0, 0.05) is 16.5 Å². The Labute approximate surface area is 130 Å². The summed E-state index contributed by atoms with van der Waals surface area (Å²) in [5.74, 6) is 0.806. The van der Waals surface area contributed by atoms with E-state index in [9.17, 15) is 0 Å². The molecule has 0 saturated heterocycles. The van der Waals surface area contributed by atoms with Gasteiger partial charge in [0.15, 0.2) is 4.34 Å². The fraction of sp³-hybridized carbons (Fsp3) is 0.0625. The molecule has 4 rings (SSSR count). The molecule has 0 bridgehead atoms. The molecule has 0 saturated carbocycles. The van der Waals surface area contributed by atoms with Crippen molar-refractivity contribution in [1.29, 1.82) is 0 Å². The third-order valence-corrected chi connectivity index (χ3v) is 5.23. The Bertz CT molecular complexity index is 904. The first-order chi connectivity index (χ1) is 10.4. The minimum atomic E-state index is 0.806. The Balaban J connectivity index is 1.86. The molecule has 0 unspecified atom stereocenters. The number of hydrogen-bond donors (Lipinski definition) is 0. The first-order valence-corrected chi connectivity index (χ1v) is 8.44. The molecule has 0 aliphatic heterocycles. The van der Waals surface area contributed by atoms with Crippen molar-refractivity contribution >= 4 is 44.8 Å². The smallest absolute Gasteiger partial charge is 0.174 e. The summed E-state index contributed by atoms with van der Waals surface area (Å²) < 4.78 is 0.981. The molecule has 0 spiro atoms. The van der Waals surface area contributed by atoms with E-state index in [1.165, 1.54) is 16.2 Å². The standard InChI is InChI=1S/C16H11N3S2/c1-2-7-13-11(5-1)12-6-3-4-8-14(12)18-15(13)9-20-16-19-17-10-21-16/h1-8,10H,9H2. The molecule has 21 heavy (non-hydrogen) atoms. The van der Waals surface area contributed by atoms with E-state index in [0.29, 0.717) is 0 Å². The highest BCUT2D eigenvalue weighted by Gasteiger charge is 2.09. The lowest BCUT2D eigenvalue weighted by Gasteiger charge is -2.08. The molecule has 2 heterocycles. The second-order valence-electron chi connectivity index (χ2n) is 4.61. The maximum atomic E-state index is 4.84. The van der Waals surface area contributed by atoms with Crippen molar-refractivity contribution in [3.05, 3.63) is 59.7 Å². The van der Waals surface area contributed by atoms with Gasteiger partial charge in [0.2, 0.25) is 0 Å². The van der Waals surface area contributed by atoms with Crippen LogP contribution in [0.3, 0.4) is 0 Å². The molecule has 5 heteroatoms. The average Bonchev–Trinajstić information content (AvgIpc) is 3.06. The average molecular weight is 309 g/mol. The van der Waals surface area contributed by atoms with Crippen LogP contribution >= 0.6 is 23.1 Å². The monoisotopic (exact) mass is 309 g/mol. The van der Waals surface area contributed by atoms with Crippen LogP contribution in [-0.4, -0.2) is 15.2 Å². The molecule has 4 aromatic rings. The zero-order chi connectivity index (χ0) is 14.1. The van der Waals surface area contributed by atoms with E-state index >= 15 is 0 Å². The molecule has 0 N–H and O–H groups in total. The minimum absolute atomic E-state index is 0.806. The Kier molecular flexibility index (Phi) is 3.29. The predicted octanol–water partition coefficient (Wildman–Crippen LogP) is 4.53. The number of para-hydroxylation sites is 1. The van der Waals surface area contributed by atoms with E-state index < -0.39 is 0 Å². The summed E-state index contributed by atoms with van der Waals surface area (Å²) in [6.07, 6.45) is 0. The Morgan fingerprint density at radius 3 is 2.48 bits per heavy atom. The number of thioether (sulfide) groups is 1. The zero-order valence-electron chi connectivity index (χ0n) is 11.1. The van der Waals surface area contributed by atoms with Crippen molar-refractivity contribution in [1.82, 2.24) is 15.2 Å². The lowest BCUT2D eigenvalue weighted by molar-refractivity contribution is 1.01. The van der Waals surface area contributed by atoms with Gasteiger partial charge in [-0.05, 0) is 11.5 Å². The maximum absolute atomic E-state index is 4.84. The van der Waals surface area contributed by atoms with Crippen molar-refractivity contribution in [2.24, 2.45) is 0 Å². The van der Waals surface area contributed by atoms with Crippen LogP contribution < -0.4 is 0 Å². The van der Waals surface area contributed by atoms with E-state index in [0.717, 1.165) is 21.3 Å². The topological polar surface area (TPSA) is 38.7 Å². The van der Waals surface area contributed by atoms with Gasteiger partial charge in [0.25, 0.3) is 0 Å². The number of benzene rings is 2. The summed E-state index contributed by atoms with van der Waals surface area (Å²) in [5, 5.41) is 11.6. The van der Waals surface area contributed by atoms with Gasteiger partial charge >= 0.3 is 0 Å². The number of nitrogens with zero attached hydrogens (tertiary/aromatic N) is 3. The summed E-state index contributed by atoms with van der Waals surface area (Å²) >= 11 is 3.25. The van der Waals surface area contributed by atoms with Crippen LogP contribution in [0, 0.1) is 0 Å². The van der Waals surface area contributed by atoms with E-state index in [1.807, 2.05) is 6.07 Å². The quantitative estimate of drug-likeness (QED) is 0.411. The van der Waals surface area contributed by atoms with Crippen molar-refractivity contribution in [3.63, 3.8) is 0 Å². The molecule has 2 aromatic heterocycles. The largest absolute Gasteiger partial charge is 0.251 e. The second kappa shape index (κ2) is 5.42. The summed E-state index contributed by atoms with van der Waals surface area (Å²) in [6.45, 7) is 0. The first-order valence-electron chi connectivity index (χ1n) is 6.57. The lowest BCUT2D eigenvalue weighted by atomic mass is 10.0. The normalized spacial score (nSPS) is 11.2. The number of aromatic nitrogens is 3. The summed E-state index contributed by atoms with van der Waals surface area (Å²) in [4.78, 5) is 4.84. The van der Waals surface area contributed by atoms with Gasteiger partial charge in [0.1, 0.15) is 5.51 Å². The molecule has 0 fully saturated rings. The van der Waals surface area contributed by atoms with E-state index in [1.54, 1.807) is 28.6 Å². The Morgan fingerprint density at radius 2 is 1.67 bits per heavy atom. The van der Waals surface area contributed by atoms with Gasteiger partial charge in [-0.2, -0.15) is 0 Å². The molecule has 102 valence electrons. The van der Waals surface area contributed by atoms with Crippen LogP contribution in [0.2, 0.25) is 0 Å². The van der Waals surface area contributed by atoms with Crippen LogP contribution in [-0.2, 0) is 5.75 Å². The molecule has 0 amide bonds. The van der Waals surface area contributed by atoms with Crippen molar-refractivity contribution in [2.75, 3.05) is 0 Å². The van der Waals surface area contributed by atoms with Crippen LogP contribution in [0.5, 0.6) is 0 Å². The zero-order valence-corrected chi connectivity index (χ0v) is 12.7. The second-order valence-corrected chi connectivity index (χ2v) is 6.67. The van der Waals surface area contributed by atoms with Gasteiger partial charge in [-0.3, -0.25) is 4.98 Å². The number of fused-ring (bicyclic) bond motifs is 3. The third kappa shape index (κ3) is 2.39. The van der Waals surface area contributed by atoms with E-state index in [-0.39, 0.29) is 0 Å². The minimum Gasteiger partial charge on any atom is -0.251 e. The Morgan fingerprint density at radius 1 is 0.905 bits per heavy atom. The SMILES string of the molecule is c1ccc2c(c1)nc(CSc1nncs1)c1ccccc12. The number of rotatable bonds is 3. The molecule has 0 radical (unpaired) electrons. The van der Waals surface area contributed by atoms with Crippen LogP contribution in [0.1, 0.15) is 5.69 Å². The third-order valence-electron chi connectivity index (χ3n) is 3.36. The van der Waals surface area contributed by atoms with Crippen molar-refractivity contribution in [2.45, 2.75) is 10.1 Å². The van der Waals surface area contributed by atoms with Crippen molar-refractivity contribution in [3.8, 4) is 0 Å².